The SMILES string of the molecule is O=C1CN(CCCOCC(F)(F)F)C(C(=O)O)CN1. The molecule has 1 fully saturated rings. The lowest BCUT2D eigenvalue weighted by Gasteiger charge is -2.32. The van der Waals surface area contributed by atoms with Gasteiger partial charge in [0.25, 0.3) is 0 Å². The second kappa shape index (κ2) is 6.71. The van der Waals surface area contributed by atoms with Crippen LogP contribution in [0.3, 0.4) is 0 Å². The first-order valence-corrected chi connectivity index (χ1v) is 5.67. The molecule has 1 aliphatic rings. The maximum absolute atomic E-state index is 11.8. The van der Waals surface area contributed by atoms with E-state index in [0.717, 1.165) is 0 Å². The molecule has 1 amide bonds. The summed E-state index contributed by atoms with van der Waals surface area (Å²) in [5.74, 6) is -1.37. The van der Waals surface area contributed by atoms with E-state index < -0.39 is 24.8 Å². The second-order valence-electron chi connectivity index (χ2n) is 4.15. The molecule has 2 N–H and O–H groups in total. The number of ether oxygens (including phenoxy) is 1. The normalized spacial score (nSPS) is 21.2. The van der Waals surface area contributed by atoms with Gasteiger partial charge in [-0.3, -0.25) is 14.5 Å². The summed E-state index contributed by atoms with van der Waals surface area (Å²) in [6, 6.07) is -0.847. The highest BCUT2D eigenvalue weighted by Gasteiger charge is 2.31. The van der Waals surface area contributed by atoms with Gasteiger partial charge in [-0.1, -0.05) is 0 Å². The van der Waals surface area contributed by atoms with Crippen molar-refractivity contribution in [1.29, 1.82) is 0 Å². The van der Waals surface area contributed by atoms with Crippen molar-refractivity contribution in [3.8, 4) is 0 Å². The minimum absolute atomic E-state index is 0.00241. The fourth-order valence-corrected chi connectivity index (χ4v) is 1.73. The Labute approximate surface area is 107 Å². The molecule has 0 aromatic carbocycles. The van der Waals surface area contributed by atoms with Crippen molar-refractivity contribution >= 4 is 11.9 Å². The minimum Gasteiger partial charge on any atom is -0.480 e. The zero-order chi connectivity index (χ0) is 14.5. The number of amides is 1. The summed E-state index contributed by atoms with van der Waals surface area (Å²) in [5, 5.41) is 11.4. The number of carboxylic acids is 1. The number of nitrogens with zero attached hydrogens (tertiary/aromatic N) is 1. The number of alkyl halides is 3. The molecule has 9 heteroatoms. The first-order chi connectivity index (χ1) is 8.79. The van der Waals surface area contributed by atoms with Crippen molar-refractivity contribution in [2.75, 3.05) is 32.8 Å². The summed E-state index contributed by atoms with van der Waals surface area (Å²) < 4.78 is 39.8. The number of carbonyl (C=O) groups excluding carboxylic acids is 1. The van der Waals surface area contributed by atoms with E-state index in [1.54, 1.807) is 0 Å². The van der Waals surface area contributed by atoms with Crippen molar-refractivity contribution in [2.24, 2.45) is 0 Å². The van der Waals surface area contributed by atoms with Gasteiger partial charge < -0.3 is 15.2 Å². The molecule has 19 heavy (non-hydrogen) atoms. The number of halogens is 3. The molecule has 110 valence electrons. The molecule has 6 nitrogen and oxygen atoms in total. The molecule has 0 aromatic heterocycles. The van der Waals surface area contributed by atoms with E-state index >= 15 is 0 Å². The maximum atomic E-state index is 11.8. The van der Waals surface area contributed by atoms with E-state index in [1.165, 1.54) is 4.90 Å². The lowest BCUT2D eigenvalue weighted by Crippen LogP contribution is -2.57. The molecule has 0 aromatic rings. The number of piperazine rings is 1. The number of carboxylic acid groups (broad SMARTS) is 1. The molecule has 1 unspecified atom stereocenters. The summed E-state index contributed by atoms with van der Waals surface area (Å²) in [6.45, 7) is -1.34. The lowest BCUT2D eigenvalue weighted by atomic mass is 10.2. The quantitative estimate of drug-likeness (QED) is 0.663. The van der Waals surface area contributed by atoms with Gasteiger partial charge in [0.2, 0.25) is 5.91 Å². The van der Waals surface area contributed by atoms with Crippen molar-refractivity contribution in [2.45, 2.75) is 18.6 Å². The van der Waals surface area contributed by atoms with Crippen molar-refractivity contribution in [1.82, 2.24) is 10.2 Å². The van der Waals surface area contributed by atoms with Crippen LogP contribution < -0.4 is 5.32 Å². The summed E-state index contributed by atoms with van der Waals surface area (Å²) in [5.41, 5.74) is 0. The molecule has 0 aliphatic carbocycles. The Morgan fingerprint density at radius 2 is 2.21 bits per heavy atom. The third-order valence-corrected chi connectivity index (χ3v) is 2.56. The van der Waals surface area contributed by atoms with Gasteiger partial charge in [0.15, 0.2) is 0 Å². The van der Waals surface area contributed by atoms with Gasteiger partial charge in [0.1, 0.15) is 12.6 Å². The van der Waals surface area contributed by atoms with E-state index in [-0.39, 0.29) is 38.6 Å². The Morgan fingerprint density at radius 3 is 2.79 bits per heavy atom. The number of aliphatic carboxylic acids is 1. The Balaban J connectivity index is 2.29. The predicted molar refractivity (Wildman–Crippen MR) is 57.5 cm³/mol. The topological polar surface area (TPSA) is 78.9 Å². The number of nitrogens with one attached hydrogen (secondary N) is 1. The van der Waals surface area contributed by atoms with Gasteiger partial charge in [-0.2, -0.15) is 13.2 Å². The van der Waals surface area contributed by atoms with Crippen LogP contribution in [0.4, 0.5) is 13.2 Å². The van der Waals surface area contributed by atoms with E-state index in [1.807, 2.05) is 0 Å². The van der Waals surface area contributed by atoms with E-state index in [9.17, 15) is 22.8 Å². The largest absolute Gasteiger partial charge is 0.480 e. The van der Waals surface area contributed by atoms with Crippen LogP contribution in [0.25, 0.3) is 0 Å². The fourth-order valence-electron chi connectivity index (χ4n) is 1.73. The molecule has 0 saturated carbocycles. The summed E-state index contributed by atoms with van der Waals surface area (Å²) in [4.78, 5) is 23.5. The molecule has 1 aliphatic heterocycles. The second-order valence-corrected chi connectivity index (χ2v) is 4.15. The first kappa shape index (κ1) is 15.7. The minimum atomic E-state index is -4.37. The number of carbonyl (C=O) groups is 2. The Kier molecular flexibility index (Phi) is 5.55. The molecule has 0 spiro atoms. The zero-order valence-electron chi connectivity index (χ0n) is 10.1. The third kappa shape index (κ3) is 5.88. The molecule has 1 atom stereocenters. The summed E-state index contributed by atoms with van der Waals surface area (Å²) in [7, 11) is 0. The molecular formula is C10H15F3N2O4. The number of rotatable bonds is 6. The Morgan fingerprint density at radius 1 is 1.53 bits per heavy atom. The Bertz CT molecular complexity index is 335. The van der Waals surface area contributed by atoms with Gasteiger partial charge in [-0.25, -0.2) is 0 Å². The highest BCUT2D eigenvalue weighted by molar-refractivity contribution is 5.83. The van der Waals surface area contributed by atoms with Gasteiger partial charge >= 0.3 is 12.1 Å². The average molecular weight is 284 g/mol. The van der Waals surface area contributed by atoms with Gasteiger partial charge in [-0.15, -0.1) is 0 Å². The summed E-state index contributed by atoms with van der Waals surface area (Å²) >= 11 is 0. The van der Waals surface area contributed by atoms with E-state index in [0.29, 0.717) is 0 Å². The summed E-state index contributed by atoms with van der Waals surface area (Å²) in [6.07, 6.45) is -4.14. The smallest absolute Gasteiger partial charge is 0.411 e. The van der Waals surface area contributed by atoms with Crippen molar-refractivity contribution < 1.29 is 32.6 Å². The standard InChI is InChI=1S/C10H15F3N2O4/c11-10(12,13)6-19-3-1-2-15-5-8(16)14-4-7(15)9(17)18/h7H,1-6H2,(H,14,16)(H,17,18). The maximum Gasteiger partial charge on any atom is 0.411 e. The fraction of sp³-hybridized carbons (Fsp3) is 0.800. The molecule has 0 bridgehead atoms. The molecule has 1 rings (SSSR count). The van der Waals surface area contributed by atoms with Crippen molar-refractivity contribution in [3.63, 3.8) is 0 Å². The number of hydrogen-bond acceptors (Lipinski definition) is 4. The van der Waals surface area contributed by atoms with Crippen molar-refractivity contribution in [3.05, 3.63) is 0 Å². The van der Waals surface area contributed by atoms with Gasteiger partial charge in [0, 0.05) is 19.7 Å². The van der Waals surface area contributed by atoms with Crippen LogP contribution in [-0.4, -0.2) is 66.9 Å². The van der Waals surface area contributed by atoms with Crippen LogP contribution in [0.15, 0.2) is 0 Å². The Hall–Kier alpha value is -1.35. The highest BCUT2D eigenvalue weighted by Crippen LogP contribution is 2.14. The van der Waals surface area contributed by atoms with Gasteiger partial charge in [-0.05, 0) is 6.42 Å². The van der Waals surface area contributed by atoms with Crippen LogP contribution >= 0.6 is 0 Å². The van der Waals surface area contributed by atoms with Crippen LogP contribution in [0.1, 0.15) is 6.42 Å². The molecule has 1 heterocycles. The third-order valence-electron chi connectivity index (χ3n) is 2.56. The molecule has 1 saturated heterocycles. The zero-order valence-corrected chi connectivity index (χ0v) is 10.1. The number of hydrogen-bond donors (Lipinski definition) is 2. The van der Waals surface area contributed by atoms with E-state index in [4.69, 9.17) is 5.11 Å². The van der Waals surface area contributed by atoms with E-state index in [2.05, 4.69) is 10.1 Å². The first-order valence-electron chi connectivity index (χ1n) is 5.67. The van der Waals surface area contributed by atoms with Gasteiger partial charge in [0.05, 0.1) is 6.54 Å². The molecule has 0 radical (unpaired) electrons. The van der Waals surface area contributed by atoms with Crippen LogP contribution in [-0.2, 0) is 14.3 Å². The lowest BCUT2D eigenvalue weighted by molar-refractivity contribution is -0.174. The molecular weight excluding hydrogens is 269 g/mol. The average Bonchev–Trinajstić information content (AvgIpc) is 2.26. The predicted octanol–water partition coefficient (Wildman–Crippen LogP) is -0.160. The van der Waals surface area contributed by atoms with Crippen LogP contribution in [0.5, 0.6) is 0 Å². The highest BCUT2D eigenvalue weighted by atomic mass is 19.4. The van der Waals surface area contributed by atoms with Crippen LogP contribution in [0, 0.1) is 0 Å². The van der Waals surface area contributed by atoms with Crippen LogP contribution in [0.2, 0.25) is 0 Å². The monoisotopic (exact) mass is 284 g/mol.